The van der Waals surface area contributed by atoms with Crippen LogP contribution in [0, 0.1) is 6.92 Å². The molecule has 1 aromatic carbocycles. The molecule has 0 spiro atoms. The van der Waals surface area contributed by atoms with Gasteiger partial charge in [0.2, 0.25) is 0 Å². The van der Waals surface area contributed by atoms with Gasteiger partial charge in [-0.1, -0.05) is 29.3 Å². The van der Waals surface area contributed by atoms with Crippen LogP contribution in [0.1, 0.15) is 5.56 Å². The molecule has 60 valence electrons. The highest BCUT2D eigenvalue weighted by Gasteiger charge is 2.07. The Morgan fingerprint density at radius 1 is 1.27 bits per heavy atom. The van der Waals surface area contributed by atoms with Gasteiger partial charge in [0.05, 0.1) is 17.2 Å². The predicted octanol–water partition coefficient (Wildman–Crippen LogP) is 3.31. The summed E-state index contributed by atoms with van der Waals surface area (Å²) in [5, 5.41) is 1.13. The Balaban J connectivity index is 3.29. The molecule has 11 heavy (non-hydrogen) atoms. The molecule has 0 radical (unpaired) electrons. The van der Waals surface area contributed by atoms with Crippen molar-refractivity contribution in [3.05, 3.63) is 27.7 Å². The standard InChI is InChI=1S/C8H8Cl2O/c1-5-3-4-6(9)8(11-2)7(5)10/h3-4H,1-2H3. The first-order valence-electron chi connectivity index (χ1n) is 3.15. The molecule has 0 unspecified atom stereocenters. The normalized spacial score (nSPS) is 9.82. The highest BCUT2D eigenvalue weighted by molar-refractivity contribution is 6.37. The molecule has 0 atom stereocenters. The average Bonchev–Trinajstić information content (AvgIpc) is 1.99. The fourth-order valence-electron chi connectivity index (χ4n) is 0.818. The van der Waals surface area contributed by atoms with E-state index >= 15 is 0 Å². The van der Waals surface area contributed by atoms with Crippen LogP contribution < -0.4 is 4.74 Å². The van der Waals surface area contributed by atoms with E-state index in [0.717, 1.165) is 5.56 Å². The van der Waals surface area contributed by atoms with Crippen LogP contribution in [0.15, 0.2) is 12.1 Å². The molecule has 0 saturated heterocycles. The van der Waals surface area contributed by atoms with Gasteiger partial charge in [-0.15, -0.1) is 0 Å². The van der Waals surface area contributed by atoms with Crippen molar-refractivity contribution in [1.29, 1.82) is 0 Å². The Kier molecular flexibility index (Phi) is 2.63. The van der Waals surface area contributed by atoms with Crippen LogP contribution in [0.4, 0.5) is 0 Å². The summed E-state index contributed by atoms with van der Waals surface area (Å²) in [4.78, 5) is 0. The highest BCUT2D eigenvalue weighted by Crippen LogP contribution is 2.34. The van der Waals surface area contributed by atoms with E-state index in [4.69, 9.17) is 27.9 Å². The maximum Gasteiger partial charge on any atom is 0.156 e. The van der Waals surface area contributed by atoms with Crippen molar-refractivity contribution < 1.29 is 4.74 Å². The highest BCUT2D eigenvalue weighted by atomic mass is 35.5. The molecule has 0 saturated carbocycles. The van der Waals surface area contributed by atoms with Crippen molar-refractivity contribution in [2.45, 2.75) is 6.92 Å². The molecule has 1 nitrogen and oxygen atoms in total. The lowest BCUT2D eigenvalue weighted by Gasteiger charge is -2.06. The first-order chi connectivity index (χ1) is 5.16. The molecule has 0 amide bonds. The third kappa shape index (κ3) is 1.60. The summed E-state index contributed by atoms with van der Waals surface area (Å²) in [6.07, 6.45) is 0. The maximum atomic E-state index is 5.89. The summed E-state index contributed by atoms with van der Waals surface area (Å²) in [6.45, 7) is 1.90. The topological polar surface area (TPSA) is 9.23 Å². The molecule has 0 bridgehead atoms. The molecule has 1 rings (SSSR count). The summed E-state index contributed by atoms with van der Waals surface area (Å²) in [6, 6.07) is 3.62. The van der Waals surface area contributed by atoms with Crippen LogP contribution in [0.5, 0.6) is 5.75 Å². The Morgan fingerprint density at radius 3 is 2.36 bits per heavy atom. The van der Waals surface area contributed by atoms with E-state index in [-0.39, 0.29) is 0 Å². The lowest BCUT2D eigenvalue weighted by atomic mass is 10.2. The summed E-state index contributed by atoms with van der Waals surface area (Å²) in [5.74, 6) is 0.549. The molecule has 0 N–H and O–H groups in total. The number of halogens is 2. The van der Waals surface area contributed by atoms with E-state index in [1.807, 2.05) is 13.0 Å². The molecule has 1 aromatic rings. The van der Waals surface area contributed by atoms with E-state index in [9.17, 15) is 0 Å². The summed E-state index contributed by atoms with van der Waals surface area (Å²) in [5.41, 5.74) is 0.966. The smallest absolute Gasteiger partial charge is 0.156 e. The average molecular weight is 191 g/mol. The minimum atomic E-state index is 0.545. The molecule has 0 aromatic heterocycles. The van der Waals surface area contributed by atoms with Gasteiger partial charge in [-0.05, 0) is 18.6 Å². The van der Waals surface area contributed by atoms with E-state index in [1.165, 1.54) is 0 Å². The zero-order chi connectivity index (χ0) is 8.43. The molecule has 0 fully saturated rings. The third-order valence-electron chi connectivity index (χ3n) is 1.45. The Bertz CT molecular complexity index is 271. The maximum absolute atomic E-state index is 5.89. The van der Waals surface area contributed by atoms with Gasteiger partial charge in [-0.3, -0.25) is 0 Å². The van der Waals surface area contributed by atoms with Gasteiger partial charge >= 0.3 is 0 Å². The van der Waals surface area contributed by atoms with Crippen molar-refractivity contribution in [3.63, 3.8) is 0 Å². The van der Waals surface area contributed by atoms with E-state index in [1.54, 1.807) is 13.2 Å². The SMILES string of the molecule is COc1c(Cl)ccc(C)c1Cl. The molecule has 0 aliphatic carbocycles. The number of aryl methyl sites for hydroxylation is 1. The molecule has 0 aliphatic rings. The van der Waals surface area contributed by atoms with Crippen LogP contribution in [0.2, 0.25) is 10.0 Å². The van der Waals surface area contributed by atoms with Crippen molar-refractivity contribution >= 4 is 23.2 Å². The van der Waals surface area contributed by atoms with Gasteiger partial charge in [0, 0.05) is 0 Å². The number of ether oxygens (including phenoxy) is 1. The Labute approximate surface area is 75.9 Å². The lowest BCUT2D eigenvalue weighted by Crippen LogP contribution is -1.87. The number of hydrogen-bond donors (Lipinski definition) is 0. The minimum Gasteiger partial charge on any atom is -0.494 e. The Hall–Kier alpha value is -0.400. The third-order valence-corrected chi connectivity index (χ3v) is 2.21. The molecular formula is C8H8Cl2O. The summed E-state index contributed by atoms with van der Waals surface area (Å²) in [7, 11) is 1.55. The van der Waals surface area contributed by atoms with Crippen LogP contribution in [-0.4, -0.2) is 7.11 Å². The predicted molar refractivity (Wildman–Crippen MR) is 47.8 cm³/mol. The lowest BCUT2D eigenvalue weighted by molar-refractivity contribution is 0.415. The number of rotatable bonds is 1. The van der Waals surface area contributed by atoms with Crippen LogP contribution >= 0.6 is 23.2 Å². The molecule has 3 heteroatoms. The van der Waals surface area contributed by atoms with Gasteiger partial charge in [0.25, 0.3) is 0 Å². The van der Waals surface area contributed by atoms with E-state index in [2.05, 4.69) is 0 Å². The second kappa shape index (κ2) is 3.33. The van der Waals surface area contributed by atoms with Gasteiger partial charge in [0.1, 0.15) is 0 Å². The Morgan fingerprint density at radius 2 is 1.91 bits per heavy atom. The van der Waals surface area contributed by atoms with E-state index in [0.29, 0.717) is 15.8 Å². The second-order valence-electron chi connectivity index (χ2n) is 2.21. The second-order valence-corrected chi connectivity index (χ2v) is 3.00. The quantitative estimate of drug-likeness (QED) is 0.661. The van der Waals surface area contributed by atoms with Gasteiger partial charge in [-0.2, -0.15) is 0 Å². The monoisotopic (exact) mass is 190 g/mol. The van der Waals surface area contributed by atoms with Gasteiger partial charge in [0.15, 0.2) is 5.75 Å². The minimum absolute atomic E-state index is 0.545. The summed E-state index contributed by atoms with van der Waals surface area (Å²) < 4.78 is 4.99. The largest absolute Gasteiger partial charge is 0.494 e. The molecular weight excluding hydrogens is 183 g/mol. The fourth-order valence-corrected chi connectivity index (χ4v) is 1.34. The number of methoxy groups -OCH3 is 1. The van der Waals surface area contributed by atoms with E-state index < -0.39 is 0 Å². The van der Waals surface area contributed by atoms with Crippen LogP contribution in [0.3, 0.4) is 0 Å². The van der Waals surface area contributed by atoms with Crippen molar-refractivity contribution in [2.24, 2.45) is 0 Å². The molecule has 0 heterocycles. The van der Waals surface area contributed by atoms with Gasteiger partial charge < -0.3 is 4.74 Å². The zero-order valence-electron chi connectivity index (χ0n) is 6.32. The van der Waals surface area contributed by atoms with Crippen LogP contribution in [-0.2, 0) is 0 Å². The number of benzene rings is 1. The zero-order valence-corrected chi connectivity index (χ0v) is 7.83. The van der Waals surface area contributed by atoms with Gasteiger partial charge in [-0.25, -0.2) is 0 Å². The van der Waals surface area contributed by atoms with Crippen molar-refractivity contribution in [3.8, 4) is 5.75 Å². The number of hydrogen-bond acceptors (Lipinski definition) is 1. The van der Waals surface area contributed by atoms with Crippen molar-refractivity contribution in [2.75, 3.05) is 7.11 Å². The first-order valence-corrected chi connectivity index (χ1v) is 3.91. The van der Waals surface area contributed by atoms with Crippen LogP contribution in [0.25, 0.3) is 0 Å². The van der Waals surface area contributed by atoms with Crippen molar-refractivity contribution in [1.82, 2.24) is 0 Å². The fraction of sp³-hybridized carbons (Fsp3) is 0.250. The first kappa shape index (κ1) is 8.69. The molecule has 0 aliphatic heterocycles. The summed E-state index contributed by atoms with van der Waals surface area (Å²) >= 11 is 11.7.